The second kappa shape index (κ2) is 9.96. The van der Waals surface area contributed by atoms with Crippen LogP contribution in [0.15, 0.2) is 48.5 Å². The number of para-hydroxylation sites is 2. The summed E-state index contributed by atoms with van der Waals surface area (Å²) in [5.74, 6) is 0.603. The van der Waals surface area contributed by atoms with E-state index < -0.39 is 0 Å². The fraction of sp³-hybridized carbons (Fsp3) is 0.440. The quantitative estimate of drug-likeness (QED) is 0.694. The molecule has 164 valence electrons. The van der Waals surface area contributed by atoms with Gasteiger partial charge in [0.15, 0.2) is 6.61 Å². The van der Waals surface area contributed by atoms with Crippen molar-refractivity contribution in [1.29, 1.82) is 0 Å². The maximum Gasteiger partial charge on any atom is 0.265 e. The number of carbonyl (C=O) groups excluding carboxylic acids is 2. The molecule has 1 fully saturated rings. The van der Waals surface area contributed by atoms with Crippen LogP contribution in [-0.4, -0.2) is 49.0 Å². The molecule has 2 heterocycles. The lowest BCUT2D eigenvalue weighted by atomic mass is 10.0. The summed E-state index contributed by atoms with van der Waals surface area (Å²) in [4.78, 5) is 29.1. The highest BCUT2D eigenvalue weighted by Crippen LogP contribution is 2.32. The molecule has 0 spiro atoms. The number of anilines is 1. The van der Waals surface area contributed by atoms with Crippen molar-refractivity contribution in [2.75, 3.05) is 31.1 Å². The average Bonchev–Trinajstić information content (AvgIpc) is 2.80. The van der Waals surface area contributed by atoms with Crippen molar-refractivity contribution < 1.29 is 14.3 Å². The molecule has 2 aliphatic heterocycles. The average molecular weight is 422 g/mol. The number of rotatable bonds is 7. The predicted molar refractivity (Wildman–Crippen MR) is 121 cm³/mol. The molecular formula is C25H31N3O3. The molecule has 1 unspecified atom stereocenters. The number of piperidine rings is 1. The van der Waals surface area contributed by atoms with Gasteiger partial charge in [-0.05, 0) is 62.6 Å². The standard InChI is InChI=1S/C25H31N3O3/c1-19-7-4-5-15-27(19)16-6-14-26-25(30)21-12-10-20(11-13-21)17-28-22-8-2-3-9-23(22)31-18-24(28)29/h2-3,8-13,19H,4-7,14-18H2,1H3,(H,26,30). The van der Waals surface area contributed by atoms with Crippen molar-refractivity contribution in [3.05, 3.63) is 59.7 Å². The van der Waals surface area contributed by atoms with E-state index in [0.29, 0.717) is 24.7 Å². The number of likely N-dealkylation sites (tertiary alicyclic amines) is 1. The molecule has 0 aliphatic carbocycles. The van der Waals surface area contributed by atoms with E-state index in [4.69, 9.17) is 4.74 Å². The van der Waals surface area contributed by atoms with E-state index in [0.717, 1.165) is 30.0 Å². The summed E-state index contributed by atoms with van der Waals surface area (Å²) < 4.78 is 5.50. The lowest BCUT2D eigenvalue weighted by Crippen LogP contribution is -2.39. The van der Waals surface area contributed by atoms with Gasteiger partial charge in [0, 0.05) is 24.7 Å². The normalized spacial score (nSPS) is 18.9. The number of nitrogens with one attached hydrogen (secondary N) is 1. The summed E-state index contributed by atoms with van der Waals surface area (Å²) >= 11 is 0. The first-order chi connectivity index (χ1) is 15.1. The molecule has 4 rings (SSSR count). The van der Waals surface area contributed by atoms with Crippen LogP contribution in [0.4, 0.5) is 5.69 Å². The van der Waals surface area contributed by atoms with Crippen LogP contribution in [0, 0.1) is 0 Å². The van der Waals surface area contributed by atoms with E-state index in [9.17, 15) is 9.59 Å². The molecule has 2 amide bonds. The van der Waals surface area contributed by atoms with Crippen molar-refractivity contribution in [3.63, 3.8) is 0 Å². The molecule has 1 atom stereocenters. The largest absolute Gasteiger partial charge is 0.482 e. The summed E-state index contributed by atoms with van der Waals surface area (Å²) in [5, 5.41) is 3.03. The molecule has 0 radical (unpaired) electrons. The molecule has 2 aromatic carbocycles. The van der Waals surface area contributed by atoms with Gasteiger partial charge in [0.25, 0.3) is 11.8 Å². The summed E-state index contributed by atoms with van der Waals surface area (Å²) in [5.41, 5.74) is 2.40. The first kappa shape index (κ1) is 21.4. The molecule has 1 saturated heterocycles. The Hall–Kier alpha value is -2.86. The highest BCUT2D eigenvalue weighted by Gasteiger charge is 2.25. The molecule has 2 aromatic rings. The zero-order valence-electron chi connectivity index (χ0n) is 18.2. The zero-order chi connectivity index (χ0) is 21.6. The van der Waals surface area contributed by atoms with Crippen LogP contribution in [0.25, 0.3) is 0 Å². The van der Waals surface area contributed by atoms with E-state index >= 15 is 0 Å². The van der Waals surface area contributed by atoms with Crippen molar-refractivity contribution in [2.45, 2.75) is 45.2 Å². The Kier molecular flexibility index (Phi) is 6.87. The van der Waals surface area contributed by atoms with Crippen molar-refractivity contribution in [2.24, 2.45) is 0 Å². The number of fused-ring (bicyclic) bond motifs is 1. The zero-order valence-corrected chi connectivity index (χ0v) is 18.2. The van der Waals surface area contributed by atoms with E-state index in [-0.39, 0.29) is 18.4 Å². The fourth-order valence-electron chi connectivity index (χ4n) is 4.35. The third-order valence-corrected chi connectivity index (χ3v) is 6.21. The molecule has 0 aromatic heterocycles. The Bertz CT molecular complexity index is 912. The van der Waals surface area contributed by atoms with Crippen LogP contribution in [0.3, 0.4) is 0 Å². The van der Waals surface area contributed by atoms with Gasteiger partial charge < -0.3 is 19.9 Å². The van der Waals surface area contributed by atoms with Gasteiger partial charge in [-0.25, -0.2) is 0 Å². The lowest BCUT2D eigenvalue weighted by molar-refractivity contribution is -0.121. The Morgan fingerprint density at radius 3 is 2.74 bits per heavy atom. The summed E-state index contributed by atoms with van der Waals surface area (Å²) in [6, 6.07) is 15.7. The predicted octanol–water partition coefficient (Wildman–Crippen LogP) is 3.61. The molecule has 0 saturated carbocycles. The summed E-state index contributed by atoms with van der Waals surface area (Å²) in [6.45, 7) is 5.69. The van der Waals surface area contributed by atoms with Gasteiger partial charge in [0.05, 0.1) is 12.2 Å². The van der Waals surface area contributed by atoms with E-state index in [1.54, 1.807) is 4.90 Å². The Morgan fingerprint density at radius 1 is 1.13 bits per heavy atom. The van der Waals surface area contributed by atoms with Crippen LogP contribution in [0.5, 0.6) is 5.75 Å². The van der Waals surface area contributed by atoms with Crippen LogP contribution in [0.2, 0.25) is 0 Å². The third-order valence-electron chi connectivity index (χ3n) is 6.21. The fourth-order valence-corrected chi connectivity index (χ4v) is 4.35. The number of nitrogens with zero attached hydrogens (tertiary/aromatic N) is 2. The first-order valence-electron chi connectivity index (χ1n) is 11.3. The first-order valence-corrected chi connectivity index (χ1v) is 11.3. The molecule has 1 N–H and O–H groups in total. The minimum Gasteiger partial charge on any atom is -0.482 e. The van der Waals surface area contributed by atoms with Gasteiger partial charge in [-0.2, -0.15) is 0 Å². The number of ether oxygens (including phenoxy) is 1. The Balaban J connectivity index is 1.28. The highest BCUT2D eigenvalue weighted by molar-refractivity contribution is 5.98. The van der Waals surface area contributed by atoms with Crippen molar-refractivity contribution >= 4 is 17.5 Å². The van der Waals surface area contributed by atoms with E-state index in [2.05, 4.69) is 17.1 Å². The highest BCUT2D eigenvalue weighted by atomic mass is 16.5. The van der Waals surface area contributed by atoms with Gasteiger partial charge in [0.2, 0.25) is 0 Å². The van der Waals surface area contributed by atoms with Gasteiger partial charge in [-0.3, -0.25) is 9.59 Å². The van der Waals surface area contributed by atoms with E-state index in [1.807, 2.05) is 48.5 Å². The van der Waals surface area contributed by atoms with Gasteiger partial charge in [-0.1, -0.05) is 30.7 Å². The minimum atomic E-state index is -0.0662. The number of amides is 2. The SMILES string of the molecule is CC1CCCCN1CCCNC(=O)c1ccc(CN2C(=O)COc3ccccc32)cc1. The number of hydrogen-bond acceptors (Lipinski definition) is 4. The molecular weight excluding hydrogens is 390 g/mol. The van der Waals surface area contributed by atoms with Gasteiger partial charge in [-0.15, -0.1) is 0 Å². The molecule has 6 heteroatoms. The molecule has 2 aliphatic rings. The number of carbonyl (C=O) groups is 2. The van der Waals surface area contributed by atoms with Gasteiger partial charge in [0.1, 0.15) is 5.75 Å². The smallest absolute Gasteiger partial charge is 0.265 e. The third kappa shape index (κ3) is 5.25. The number of benzene rings is 2. The van der Waals surface area contributed by atoms with Crippen molar-refractivity contribution in [3.8, 4) is 5.75 Å². The topological polar surface area (TPSA) is 61.9 Å². The second-order valence-electron chi connectivity index (χ2n) is 8.42. The molecule has 6 nitrogen and oxygen atoms in total. The van der Waals surface area contributed by atoms with Crippen molar-refractivity contribution in [1.82, 2.24) is 10.2 Å². The van der Waals surface area contributed by atoms with Gasteiger partial charge >= 0.3 is 0 Å². The summed E-state index contributed by atoms with van der Waals surface area (Å²) in [6.07, 6.45) is 4.86. The lowest BCUT2D eigenvalue weighted by Gasteiger charge is -2.33. The van der Waals surface area contributed by atoms with Crippen LogP contribution < -0.4 is 15.0 Å². The maximum atomic E-state index is 12.5. The van der Waals surface area contributed by atoms with E-state index in [1.165, 1.54) is 25.8 Å². The van der Waals surface area contributed by atoms with Crippen LogP contribution >= 0.6 is 0 Å². The minimum absolute atomic E-state index is 0.0493. The maximum absolute atomic E-state index is 12.5. The molecule has 0 bridgehead atoms. The van der Waals surface area contributed by atoms with Crippen LogP contribution in [0.1, 0.15) is 48.5 Å². The Morgan fingerprint density at radius 2 is 1.94 bits per heavy atom. The second-order valence-corrected chi connectivity index (χ2v) is 8.42. The summed E-state index contributed by atoms with van der Waals surface area (Å²) in [7, 11) is 0. The monoisotopic (exact) mass is 421 g/mol. The molecule has 31 heavy (non-hydrogen) atoms. The number of hydrogen-bond donors (Lipinski definition) is 1. The van der Waals surface area contributed by atoms with Crippen LogP contribution in [-0.2, 0) is 11.3 Å². The Labute approximate surface area is 184 Å².